The molecule has 0 aromatic heterocycles. The lowest BCUT2D eigenvalue weighted by Gasteiger charge is -2.58. The lowest BCUT2D eigenvalue weighted by Crippen LogP contribution is -2.53. The Balaban J connectivity index is 1.99. The summed E-state index contributed by atoms with van der Waals surface area (Å²) in [4.78, 5) is 12.0. The Morgan fingerprint density at radius 1 is 1.18 bits per heavy atom. The Hall–Kier alpha value is -1.05. The van der Waals surface area contributed by atoms with Crippen LogP contribution in [0.1, 0.15) is 72.6 Å². The van der Waals surface area contributed by atoms with Crippen LogP contribution in [0.5, 0.6) is 0 Å². The number of carbonyl (C=O) groups is 1. The summed E-state index contributed by atoms with van der Waals surface area (Å²) in [7, 11) is 0. The predicted octanol–water partition coefficient (Wildman–Crippen LogP) is 5.35. The Kier molecular flexibility index (Phi) is 3.78. The molecule has 4 atom stereocenters. The highest BCUT2D eigenvalue weighted by Gasteiger charge is 2.57. The SMILES string of the molecule is CC(C)=C1C=C2CC[C@@H]3[C@](C)(CCC[C@]3(C)C(=O)O)[C@H]2CC1. The fourth-order valence-electron chi connectivity index (χ4n) is 5.82. The van der Waals surface area contributed by atoms with E-state index in [2.05, 4.69) is 26.8 Å². The van der Waals surface area contributed by atoms with Crippen molar-refractivity contribution >= 4 is 5.97 Å². The van der Waals surface area contributed by atoms with E-state index in [0.29, 0.717) is 11.8 Å². The second-order valence-corrected chi connectivity index (χ2v) is 8.51. The van der Waals surface area contributed by atoms with Crippen molar-refractivity contribution in [1.29, 1.82) is 0 Å². The third-order valence-corrected chi connectivity index (χ3v) is 7.13. The highest BCUT2D eigenvalue weighted by atomic mass is 16.4. The van der Waals surface area contributed by atoms with Crippen molar-refractivity contribution in [3.63, 3.8) is 0 Å². The standard InChI is InChI=1S/C20H30O2/c1-13(2)14-6-8-16-15(12-14)7-9-17-19(16,3)10-5-11-20(17,4)18(21)22/h12,16-17H,5-11H2,1-4H3,(H,21,22)/t16-,17+,19+,20-/m0/s1. The van der Waals surface area contributed by atoms with E-state index in [9.17, 15) is 9.90 Å². The minimum absolute atomic E-state index is 0.183. The summed E-state index contributed by atoms with van der Waals surface area (Å²) < 4.78 is 0. The molecule has 3 aliphatic carbocycles. The Morgan fingerprint density at radius 3 is 2.55 bits per heavy atom. The zero-order valence-corrected chi connectivity index (χ0v) is 14.5. The molecule has 3 rings (SSSR count). The molecule has 2 fully saturated rings. The van der Waals surface area contributed by atoms with Crippen molar-refractivity contribution in [1.82, 2.24) is 0 Å². The topological polar surface area (TPSA) is 37.3 Å². The van der Waals surface area contributed by atoms with E-state index < -0.39 is 11.4 Å². The highest BCUT2D eigenvalue weighted by Crippen LogP contribution is 2.63. The summed E-state index contributed by atoms with van der Waals surface area (Å²) in [6.07, 6.45) is 10.1. The van der Waals surface area contributed by atoms with Crippen LogP contribution in [-0.2, 0) is 4.79 Å². The van der Waals surface area contributed by atoms with Gasteiger partial charge in [0, 0.05) is 0 Å². The Morgan fingerprint density at radius 2 is 1.91 bits per heavy atom. The number of fused-ring (bicyclic) bond motifs is 3. The summed E-state index contributed by atoms with van der Waals surface area (Å²) >= 11 is 0. The zero-order valence-electron chi connectivity index (χ0n) is 14.5. The molecule has 0 saturated heterocycles. The lowest BCUT2D eigenvalue weighted by atomic mass is 9.46. The van der Waals surface area contributed by atoms with Gasteiger partial charge in [-0.15, -0.1) is 0 Å². The van der Waals surface area contributed by atoms with E-state index in [1.54, 1.807) is 5.57 Å². The fraction of sp³-hybridized carbons (Fsp3) is 0.750. The fourth-order valence-corrected chi connectivity index (χ4v) is 5.82. The number of carboxylic acids is 1. The second kappa shape index (κ2) is 5.25. The van der Waals surface area contributed by atoms with Crippen LogP contribution in [-0.4, -0.2) is 11.1 Å². The van der Waals surface area contributed by atoms with Crippen LogP contribution in [0.15, 0.2) is 22.8 Å². The molecule has 22 heavy (non-hydrogen) atoms. The molecule has 1 N–H and O–H groups in total. The first-order valence-electron chi connectivity index (χ1n) is 8.89. The molecule has 0 spiro atoms. The maximum atomic E-state index is 12.0. The number of aliphatic carboxylic acids is 1. The lowest BCUT2D eigenvalue weighted by molar-refractivity contribution is -0.164. The van der Waals surface area contributed by atoms with Crippen LogP contribution in [0.3, 0.4) is 0 Å². The highest BCUT2D eigenvalue weighted by molar-refractivity contribution is 5.75. The van der Waals surface area contributed by atoms with Crippen LogP contribution < -0.4 is 0 Å². The van der Waals surface area contributed by atoms with Crippen LogP contribution in [0.4, 0.5) is 0 Å². The molecule has 0 aromatic carbocycles. The first-order valence-corrected chi connectivity index (χ1v) is 8.89. The molecule has 3 aliphatic rings. The van der Waals surface area contributed by atoms with Gasteiger partial charge in [0.2, 0.25) is 0 Å². The molecule has 0 aliphatic heterocycles. The van der Waals surface area contributed by atoms with Crippen LogP contribution in [0.25, 0.3) is 0 Å². The van der Waals surface area contributed by atoms with Gasteiger partial charge in [-0.25, -0.2) is 0 Å². The van der Waals surface area contributed by atoms with Crippen molar-refractivity contribution in [3.05, 3.63) is 22.8 Å². The van der Waals surface area contributed by atoms with Crippen molar-refractivity contribution in [2.24, 2.45) is 22.7 Å². The first kappa shape index (κ1) is 15.8. The van der Waals surface area contributed by atoms with Gasteiger partial charge in [-0.05, 0) is 82.1 Å². The molecule has 2 saturated carbocycles. The predicted molar refractivity (Wildman–Crippen MR) is 89.6 cm³/mol. The number of carboxylic acid groups (broad SMARTS) is 1. The van der Waals surface area contributed by atoms with E-state index >= 15 is 0 Å². The monoisotopic (exact) mass is 302 g/mol. The molecule has 0 bridgehead atoms. The Labute approximate surface area is 134 Å². The first-order chi connectivity index (χ1) is 10.3. The van der Waals surface area contributed by atoms with Crippen molar-refractivity contribution in [3.8, 4) is 0 Å². The van der Waals surface area contributed by atoms with Gasteiger partial charge in [0.05, 0.1) is 5.41 Å². The molecule has 0 heterocycles. The van der Waals surface area contributed by atoms with Crippen molar-refractivity contribution in [2.75, 3.05) is 0 Å². The molecular weight excluding hydrogens is 272 g/mol. The summed E-state index contributed by atoms with van der Waals surface area (Å²) in [6.45, 7) is 8.82. The summed E-state index contributed by atoms with van der Waals surface area (Å²) in [6, 6.07) is 0. The normalized spacial score (nSPS) is 41.3. The smallest absolute Gasteiger partial charge is 0.309 e. The number of allylic oxidation sites excluding steroid dienone is 4. The Bertz CT molecular complexity index is 552. The van der Waals surface area contributed by atoms with Gasteiger partial charge in [-0.1, -0.05) is 30.6 Å². The molecular formula is C20H30O2. The van der Waals surface area contributed by atoms with E-state index in [1.807, 2.05) is 6.92 Å². The quantitative estimate of drug-likeness (QED) is 0.709. The van der Waals surface area contributed by atoms with E-state index in [4.69, 9.17) is 0 Å². The number of rotatable bonds is 1. The van der Waals surface area contributed by atoms with Crippen molar-refractivity contribution < 1.29 is 9.90 Å². The van der Waals surface area contributed by atoms with Crippen LogP contribution >= 0.6 is 0 Å². The van der Waals surface area contributed by atoms with Gasteiger partial charge in [0.15, 0.2) is 0 Å². The molecule has 0 amide bonds. The largest absolute Gasteiger partial charge is 0.481 e. The summed E-state index contributed by atoms with van der Waals surface area (Å²) in [5.74, 6) is 0.367. The molecule has 0 aromatic rings. The zero-order chi connectivity index (χ0) is 16.1. The third kappa shape index (κ3) is 2.18. The second-order valence-electron chi connectivity index (χ2n) is 8.51. The van der Waals surface area contributed by atoms with Crippen molar-refractivity contribution in [2.45, 2.75) is 72.6 Å². The van der Waals surface area contributed by atoms with Crippen LogP contribution in [0, 0.1) is 22.7 Å². The summed E-state index contributed by atoms with van der Waals surface area (Å²) in [5, 5.41) is 9.84. The van der Waals surface area contributed by atoms with E-state index in [-0.39, 0.29) is 5.41 Å². The van der Waals surface area contributed by atoms with E-state index in [1.165, 1.54) is 30.4 Å². The van der Waals surface area contributed by atoms with Gasteiger partial charge >= 0.3 is 5.97 Å². The van der Waals surface area contributed by atoms with Gasteiger partial charge in [-0.2, -0.15) is 0 Å². The van der Waals surface area contributed by atoms with Gasteiger partial charge < -0.3 is 5.11 Å². The molecule has 2 heteroatoms. The summed E-state index contributed by atoms with van der Waals surface area (Å²) in [5.41, 5.74) is 4.23. The van der Waals surface area contributed by atoms with Gasteiger partial charge in [0.25, 0.3) is 0 Å². The maximum absolute atomic E-state index is 12.0. The number of hydrogen-bond donors (Lipinski definition) is 1. The van der Waals surface area contributed by atoms with Crippen LogP contribution in [0.2, 0.25) is 0 Å². The minimum Gasteiger partial charge on any atom is -0.481 e. The molecule has 0 radical (unpaired) electrons. The average molecular weight is 302 g/mol. The number of hydrogen-bond acceptors (Lipinski definition) is 1. The third-order valence-electron chi connectivity index (χ3n) is 7.13. The molecule has 0 unspecified atom stereocenters. The van der Waals surface area contributed by atoms with Gasteiger partial charge in [-0.3, -0.25) is 4.79 Å². The molecule has 2 nitrogen and oxygen atoms in total. The van der Waals surface area contributed by atoms with Gasteiger partial charge in [0.1, 0.15) is 0 Å². The molecule has 122 valence electrons. The maximum Gasteiger partial charge on any atom is 0.309 e. The average Bonchev–Trinajstić information content (AvgIpc) is 2.46. The van der Waals surface area contributed by atoms with E-state index in [0.717, 1.165) is 25.7 Å². The minimum atomic E-state index is -0.573.